The van der Waals surface area contributed by atoms with Gasteiger partial charge in [0.2, 0.25) is 10.0 Å². The third-order valence-corrected chi connectivity index (χ3v) is 7.21. The second kappa shape index (κ2) is 9.46. The maximum atomic E-state index is 12.9. The Bertz CT molecular complexity index is 1290. The highest BCUT2D eigenvalue weighted by atomic mass is 32.2. The van der Waals surface area contributed by atoms with Crippen LogP contribution in [0.3, 0.4) is 0 Å². The first-order valence-electron chi connectivity index (χ1n) is 11.5. The first-order valence-corrected chi connectivity index (χ1v) is 12.4. The molecule has 0 saturated carbocycles. The molecular weight excluding hydrogens is 460 g/mol. The number of para-hydroxylation sites is 1. The van der Waals surface area contributed by atoms with Crippen molar-refractivity contribution in [3.63, 3.8) is 0 Å². The van der Waals surface area contributed by atoms with E-state index in [0.717, 1.165) is 40.4 Å². The average molecular weight is 487 g/mol. The summed E-state index contributed by atoms with van der Waals surface area (Å²) in [6.07, 6.45) is 0.759. The van der Waals surface area contributed by atoms with Crippen molar-refractivity contribution in [2.75, 3.05) is 23.7 Å². The molecule has 1 spiro atoms. The molecule has 0 bridgehead atoms. The lowest BCUT2D eigenvalue weighted by molar-refractivity contribution is -0.134. The van der Waals surface area contributed by atoms with Gasteiger partial charge < -0.3 is 9.47 Å². The van der Waals surface area contributed by atoms with Gasteiger partial charge in [-0.05, 0) is 61.5 Å². The number of esters is 1. The Morgan fingerprint density at radius 3 is 2.23 bits per heavy atom. The van der Waals surface area contributed by atoms with E-state index >= 15 is 0 Å². The number of benzene rings is 3. The number of thioether (sulfide) groups is 1. The van der Waals surface area contributed by atoms with Gasteiger partial charge in [0.15, 0.2) is 0 Å². The van der Waals surface area contributed by atoms with Gasteiger partial charge in [0, 0.05) is 11.1 Å². The molecule has 0 amide bonds. The molecule has 0 unspecified atom stereocenters. The van der Waals surface area contributed by atoms with E-state index in [2.05, 4.69) is 19.1 Å². The van der Waals surface area contributed by atoms with E-state index in [1.165, 1.54) is 11.8 Å². The Morgan fingerprint density at radius 1 is 0.886 bits per heavy atom. The van der Waals surface area contributed by atoms with Crippen LogP contribution in [0.4, 0.5) is 11.4 Å². The van der Waals surface area contributed by atoms with Crippen LogP contribution in [-0.2, 0) is 14.5 Å². The number of carbonyl (C=O) groups excluding carboxylic acids is 1. The highest BCUT2D eigenvalue weighted by Crippen LogP contribution is 2.54. The summed E-state index contributed by atoms with van der Waals surface area (Å²) in [4.78, 5) is 12.0. The molecule has 178 valence electrons. The topological polar surface area (TPSA) is 66.7 Å². The summed E-state index contributed by atoms with van der Waals surface area (Å²) in [7, 11) is 1.63. The molecule has 3 aromatic rings. The molecule has 0 fully saturated rings. The van der Waals surface area contributed by atoms with Gasteiger partial charge in [0.1, 0.15) is 5.75 Å². The van der Waals surface area contributed by atoms with Crippen molar-refractivity contribution in [1.82, 2.24) is 0 Å². The van der Waals surface area contributed by atoms with Gasteiger partial charge >= 0.3 is 5.97 Å². The minimum Gasteiger partial charge on any atom is -0.497 e. The minimum atomic E-state index is -0.979. The predicted molar refractivity (Wildman–Crippen MR) is 141 cm³/mol. The van der Waals surface area contributed by atoms with E-state index < -0.39 is 11.0 Å². The normalized spacial score (nSPS) is 18.7. The lowest BCUT2D eigenvalue weighted by Crippen LogP contribution is -2.53. The molecule has 5 rings (SSSR count). The third-order valence-electron chi connectivity index (χ3n) is 5.92. The quantitative estimate of drug-likeness (QED) is 0.425. The first kappa shape index (κ1) is 23.0. The van der Waals surface area contributed by atoms with E-state index in [9.17, 15) is 4.79 Å². The first-order chi connectivity index (χ1) is 17.1. The van der Waals surface area contributed by atoms with Gasteiger partial charge in [-0.3, -0.25) is 0 Å². The van der Waals surface area contributed by atoms with Gasteiger partial charge in [-0.25, -0.2) is 14.8 Å². The lowest BCUT2D eigenvalue weighted by Gasteiger charge is -2.47. The molecule has 1 atom stereocenters. The average Bonchev–Trinajstić information content (AvgIpc) is 3.31. The van der Waals surface area contributed by atoms with E-state index in [1.54, 1.807) is 14.0 Å². The van der Waals surface area contributed by atoms with Crippen LogP contribution < -0.4 is 14.8 Å². The van der Waals surface area contributed by atoms with E-state index in [-0.39, 0.29) is 11.7 Å². The summed E-state index contributed by atoms with van der Waals surface area (Å²) in [5, 5.41) is 14.1. The van der Waals surface area contributed by atoms with Gasteiger partial charge in [0.05, 0.1) is 30.8 Å². The second-order valence-electron chi connectivity index (χ2n) is 7.94. The number of rotatable bonds is 6. The number of anilines is 2. The summed E-state index contributed by atoms with van der Waals surface area (Å²) in [5.74, 6) is 0.281. The number of carbonyl (C=O) groups is 1. The molecule has 3 aromatic carbocycles. The molecule has 0 aromatic heterocycles. The SMILES string of the molecule is CCOC(=O)C1=NN(c2ccc(OC)cc2)[C@@]2(S1)c1ccccc1C(CC)=NN2c1ccccc1. The summed E-state index contributed by atoms with van der Waals surface area (Å²) in [5.41, 5.74) is 4.69. The molecule has 8 heteroatoms. The monoisotopic (exact) mass is 486 g/mol. The van der Waals surface area contributed by atoms with Crippen molar-refractivity contribution >= 4 is 39.9 Å². The number of nitrogens with zero attached hydrogens (tertiary/aromatic N) is 4. The number of hydrogen-bond donors (Lipinski definition) is 0. The van der Waals surface area contributed by atoms with Crippen molar-refractivity contribution in [3.05, 3.63) is 90.0 Å². The fourth-order valence-electron chi connectivity index (χ4n) is 4.33. The van der Waals surface area contributed by atoms with E-state index in [0.29, 0.717) is 0 Å². The Morgan fingerprint density at radius 2 is 1.54 bits per heavy atom. The summed E-state index contributed by atoms with van der Waals surface area (Å²) in [6, 6.07) is 25.8. The second-order valence-corrected chi connectivity index (χ2v) is 9.10. The molecule has 35 heavy (non-hydrogen) atoms. The van der Waals surface area contributed by atoms with E-state index in [1.807, 2.05) is 76.7 Å². The Kier molecular flexibility index (Phi) is 6.21. The van der Waals surface area contributed by atoms with Crippen LogP contribution in [0.5, 0.6) is 5.75 Å². The van der Waals surface area contributed by atoms with Crippen molar-refractivity contribution in [3.8, 4) is 5.75 Å². The van der Waals surface area contributed by atoms with Gasteiger partial charge in [-0.15, -0.1) is 0 Å². The largest absolute Gasteiger partial charge is 0.497 e. The fourth-order valence-corrected chi connectivity index (χ4v) is 5.62. The van der Waals surface area contributed by atoms with Crippen LogP contribution in [0.15, 0.2) is 89.1 Å². The van der Waals surface area contributed by atoms with Crippen LogP contribution in [-0.4, -0.2) is 30.4 Å². The molecule has 2 aliphatic heterocycles. The van der Waals surface area contributed by atoms with Crippen molar-refractivity contribution in [2.24, 2.45) is 10.2 Å². The highest BCUT2D eigenvalue weighted by molar-refractivity contribution is 8.16. The Balaban J connectivity index is 1.77. The molecule has 0 aliphatic carbocycles. The van der Waals surface area contributed by atoms with Crippen molar-refractivity contribution in [1.29, 1.82) is 0 Å². The minimum absolute atomic E-state index is 0.269. The standard InChI is InChI=1S/C27H26N4O3S/c1-4-24-22-13-9-10-14-23(22)27(30(28-24)19-11-7-6-8-12-19)31(20-15-17-21(33-3)18-16-20)29-25(35-27)26(32)34-5-2/h6-18H,4-5H2,1-3H3/t27-/m1/s1. The maximum absolute atomic E-state index is 12.9. The summed E-state index contributed by atoms with van der Waals surface area (Å²) < 4.78 is 10.7. The molecule has 2 aliphatic rings. The third kappa shape index (κ3) is 3.83. The Hall–Kier alpha value is -3.78. The maximum Gasteiger partial charge on any atom is 0.365 e. The van der Waals surface area contributed by atoms with Crippen LogP contribution >= 0.6 is 11.8 Å². The molecule has 2 heterocycles. The van der Waals surface area contributed by atoms with Crippen LogP contribution in [0, 0.1) is 0 Å². The van der Waals surface area contributed by atoms with Gasteiger partial charge in [-0.1, -0.05) is 49.4 Å². The Labute approximate surface area is 209 Å². The number of methoxy groups -OCH3 is 1. The number of hydrazone groups is 2. The van der Waals surface area contributed by atoms with Crippen LogP contribution in [0.1, 0.15) is 31.4 Å². The molecule has 7 nitrogen and oxygen atoms in total. The summed E-state index contributed by atoms with van der Waals surface area (Å²) >= 11 is 1.34. The predicted octanol–water partition coefficient (Wildman–Crippen LogP) is 5.57. The van der Waals surface area contributed by atoms with Crippen molar-refractivity contribution in [2.45, 2.75) is 25.3 Å². The molecule has 0 saturated heterocycles. The highest BCUT2D eigenvalue weighted by Gasteiger charge is 2.56. The van der Waals surface area contributed by atoms with Crippen LogP contribution in [0.25, 0.3) is 0 Å². The smallest absolute Gasteiger partial charge is 0.365 e. The zero-order valence-corrected chi connectivity index (χ0v) is 20.7. The summed E-state index contributed by atoms with van der Waals surface area (Å²) in [6.45, 7) is 4.16. The van der Waals surface area contributed by atoms with Gasteiger partial charge in [0.25, 0.3) is 0 Å². The van der Waals surface area contributed by atoms with Crippen LogP contribution in [0.2, 0.25) is 0 Å². The molecule has 0 radical (unpaired) electrons. The van der Waals surface area contributed by atoms with Crippen molar-refractivity contribution < 1.29 is 14.3 Å². The number of fused-ring (bicyclic) bond motifs is 2. The zero-order valence-electron chi connectivity index (χ0n) is 19.8. The zero-order chi connectivity index (χ0) is 24.4. The van der Waals surface area contributed by atoms with Gasteiger partial charge in [-0.2, -0.15) is 10.2 Å². The number of hydrogen-bond acceptors (Lipinski definition) is 8. The van der Waals surface area contributed by atoms with E-state index in [4.69, 9.17) is 19.7 Å². The molecular formula is C27H26N4O3S. The number of ether oxygens (including phenoxy) is 2. The molecule has 0 N–H and O–H groups in total. The fraction of sp³-hybridized carbons (Fsp3) is 0.222. The lowest BCUT2D eigenvalue weighted by atomic mass is 9.96.